The van der Waals surface area contributed by atoms with Crippen LogP contribution in [0.15, 0.2) is 0 Å². The Balaban J connectivity index is 3.82. The molecule has 0 saturated carbocycles. The summed E-state index contributed by atoms with van der Waals surface area (Å²) in [5.74, 6) is 0. The molecule has 56 valence electrons. The van der Waals surface area contributed by atoms with Crippen molar-refractivity contribution in [3.05, 3.63) is 0 Å². The van der Waals surface area contributed by atoms with Crippen LogP contribution in [-0.4, -0.2) is 42.9 Å². The lowest BCUT2D eigenvalue weighted by Crippen LogP contribution is -2.45. The van der Waals surface area contributed by atoms with E-state index in [0.29, 0.717) is 0 Å². The van der Waals surface area contributed by atoms with Gasteiger partial charge in [-0.3, -0.25) is 0 Å². The molecule has 0 fully saturated rings. The Labute approximate surface area is 58.7 Å². The third-order valence-corrected chi connectivity index (χ3v) is 3.46. The van der Waals surface area contributed by atoms with E-state index in [9.17, 15) is 0 Å². The predicted molar refractivity (Wildman–Crippen MR) is 33.8 cm³/mol. The molecule has 0 amide bonds. The van der Waals surface area contributed by atoms with Crippen molar-refractivity contribution in [2.24, 2.45) is 0 Å². The maximum absolute atomic E-state index is 4.89. The van der Waals surface area contributed by atoms with Gasteiger partial charge in [0.1, 0.15) is 0 Å². The van der Waals surface area contributed by atoms with E-state index in [0.717, 1.165) is 0 Å². The van der Waals surface area contributed by atoms with Crippen molar-refractivity contribution in [2.45, 2.75) is 0 Å². The van der Waals surface area contributed by atoms with Crippen LogP contribution in [0.5, 0.6) is 0 Å². The van der Waals surface area contributed by atoms with Gasteiger partial charge in [0, 0.05) is 0 Å². The van der Waals surface area contributed by atoms with Crippen molar-refractivity contribution in [1.82, 2.24) is 0 Å². The van der Waals surface area contributed by atoms with Crippen LogP contribution < -0.4 is 0 Å². The van der Waals surface area contributed by atoms with Crippen molar-refractivity contribution in [1.29, 1.82) is 0 Å². The maximum Gasteiger partial charge on any atom is 0.874 e. The van der Waals surface area contributed by atoms with Crippen molar-refractivity contribution >= 4 is 14.4 Å². The predicted octanol–water partition coefficient (Wildman–Crippen LogP) is 0.00760. The topological polar surface area (TPSA) is 36.9 Å². The summed E-state index contributed by atoms with van der Waals surface area (Å²) >= 11 is -2.96. The highest BCUT2D eigenvalue weighted by Crippen LogP contribution is 2.04. The summed E-state index contributed by atoms with van der Waals surface area (Å²) in [5, 5.41) is 0. The average molecular weight is 151 g/mol. The molecule has 5 heteroatoms. The summed E-state index contributed by atoms with van der Waals surface area (Å²) in [6.45, 7) is 0. The molecule has 0 aromatic heterocycles. The molecule has 4 nitrogen and oxygen atoms in total. The molecule has 0 bridgehead atoms. The number of rotatable bonds is 4. The van der Waals surface area contributed by atoms with E-state index in [2.05, 4.69) is 0 Å². The Morgan fingerprint density at radius 2 is 0.889 bits per heavy atom. The molecule has 0 aromatic carbocycles. The van der Waals surface area contributed by atoms with Crippen LogP contribution in [-0.2, 0) is 15.2 Å². The molecule has 0 aromatic rings. The standard InChI is InChI=1S/4CH3O.Al/c4*1-2;/h4*1H3;/q4*-1;+3. The van der Waals surface area contributed by atoms with Crippen molar-refractivity contribution < 1.29 is 15.2 Å². The lowest BCUT2D eigenvalue weighted by atomic mass is 11.8. The molecule has 0 atom stereocenters. The summed E-state index contributed by atoms with van der Waals surface area (Å²) < 4.78 is 19.5. The second kappa shape index (κ2) is 4.23. The van der Waals surface area contributed by atoms with Gasteiger partial charge in [0.15, 0.2) is 0 Å². The molecule has 0 saturated heterocycles. The largest absolute Gasteiger partial charge is 0.874 e. The van der Waals surface area contributed by atoms with Crippen LogP contribution in [0, 0.1) is 0 Å². The van der Waals surface area contributed by atoms with Gasteiger partial charge in [-0.2, -0.15) is 0 Å². The van der Waals surface area contributed by atoms with E-state index in [-0.39, 0.29) is 0 Å². The van der Waals surface area contributed by atoms with Gasteiger partial charge in [0.2, 0.25) is 0 Å². The fourth-order valence-corrected chi connectivity index (χ4v) is 1.73. The molecule has 0 heterocycles. The molecular weight excluding hydrogens is 139 g/mol. The zero-order chi connectivity index (χ0) is 7.33. The summed E-state index contributed by atoms with van der Waals surface area (Å²) in [6, 6.07) is 0. The van der Waals surface area contributed by atoms with E-state index < -0.39 is 14.4 Å². The Kier molecular flexibility index (Phi) is 4.40. The van der Waals surface area contributed by atoms with Gasteiger partial charge in [0.25, 0.3) is 0 Å². The Hall–Kier alpha value is 0.372. The molecule has 0 aliphatic rings. The van der Waals surface area contributed by atoms with Crippen LogP contribution in [0.1, 0.15) is 0 Å². The zero-order valence-electron chi connectivity index (χ0n) is 6.21. The van der Waals surface area contributed by atoms with Gasteiger partial charge in [-0.15, -0.1) is 0 Å². The summed E-state index contributed by atoms with van der Waals surface area (Å²) in [6.07, 6.45) is 0. The molecule has 0 unspecified atom stereocenters. The van der Waals surface area contributed by atoms with Gasteiger partial charge < -0.3 is 15.2 Å². The number of hydrogen-bond acceptors (Lipinski definition) is 4. The minimum absolute atomic E-state index is 1.50. The van der Waals surface area contributed by atoms with Crippen molar-refractivity contribution in [3.8, 4) is 0 Å². The Morgan fingerprint density at radius 3 is 0.889 bits per heavy atom. The molecule has 0 aliphatic heterocycles. The zero-order valence-corrected chi connectivity index (χ0v) is 7.37. The van der Waals surface area contributed by atoms with E-state index in [1.165, 1.54) is 28.4 Å². The Bertz CT molecular complexity index is 55.5. The van der Waals surface area contributed by atoms with Gasteiger partial charge in [-0.05, 0) is 28.4 Å². The summed E-state index contributed by atoms with van der Waals surface area (Å²) in [7, 11) is 6.00. The first kappa shape index (κ1) is 9.37. The molecule has 0 rings (SSSR count). The van der Waals surface area contributed by atoms with Crippen LogP contribution in [0.4, 0.5) is 0 Å². The molecule has 0 spiro atoms. The second-order valence-corrected chi connectivity index (χ2v) is 4.56. The fraction of sp³-hybridized carbons (Fsp3) is 1.00. The monoisotopic (exact) mass is 151 g/mol. The first-order chi connectivity index (χ1) is 4.24. The minimum atomic E-state index is -2.96. The van der Waals surface area contributed by atoms with E-state index in [1.807, 2.05) is 0 Å². The molecule has 0 aliphatic carbocycles. The molecule has 0 radical (unpaired) electrons. The van der Waals surface area contributed by atoms with Crippen LogP contribution in [0.3, 0.4) is 0 Å². The highest BCUT2D eigenvalue weighted by Gasteiger charge is 2.42. The van der Waals surface area contributed by atoms with Crippen molar-refractivity contribution in [2.75, 3.05) is 28.4 Å². The second-order valence-electron chi connectivity index (χ2n) is 1.52. The third-order valence-electron chi connectivity index (χ3n) is 1.15. The quantitative estimate of drug-likeness (QED) is 0.530. The van der Waals surface area contributed by atoms with Crippen LogP contribution in [0.2, 0.25) is 0 Å². The normalized spacial score (nSPS) is 12.0. The SMILES string of the molecule is C[O][Al-]([O]C)([O]C)[O]C. The molecule has 0 N–H and O–H groups in total. The highest BCUT2D eigenvalue weighted by atomic mass is 27.3. The van der Waals surface area contributed by atoms with Crippen molar-refractivity contribution in [3.63, 3.8) is 0 Å². The van der Waals surface area contributed by atoms with E-state index in [1.54, 1.807) is 0 Å². The lowest BCUT2D eigenvalue weighted by Gasteiger charge is -2.29. The van der Waals surface area contributed by atoms with E-state index in [4.69, 9.17) is 15.2 Å². The summed E-state index contributed by atoms with van der Waals surface area (Å²) in [4.78, 5) is 0. The minimum Gasteiger partial charge on any atom is -0.589 e. The first-order valence-corrected chi connectivity index (χ1v) is 4.46. The molecule has 9 heavy (non-hydrogen) atoms. The number of hydrogen-bond donors (Lipinski definition) is 0. The highest BCUT2D eigenvalue weighted by molar-refractivity contribution is 6.53. The Morgan fingerprint density at radius 1 is 0.667 bits per heavy atom. The average Bonchev–Trinajstić information content (AvgIpc) is 1.95. The smallest absolute Gasteiger partial charge is 0.589 e. The van der Waals surface area contributed by atoms with Gasteiger partial charge >= 0.3 is 14.4 Å². The van der Waals surface area contributed by atoms with Crippen LogP contribution in [0.25, 0.3) is 0 Å². The van der Waals surface area contributed by atoms with Gasteiger partial charge in [-0.25, -0.2) is 0 Å². The van der Waals surface area contributed by atoms with E-state index >= 15 is 0 Å². The first-order valence-electron chi connectivity index (χ1n) is 2.58. The van der Waals surface area contributed by atoms with Crippen LogP contribution >= 0.6 is 0 Å². The maximum atomic E-state index is 4.89. The molecular formula is C4H12AlO4-. The van der Waals surface area contributed by atoms with Gasteiger partial charge in [-0.1, -0.05) is 0 Å². The summed E-state index contributed by atoms with van der Waals surface area (Å²) in [5.41, 5.74) is 0. The van der Waals surface area contributed by atoms with Gasteiger partial charge in [0.05, 0.1) is 0 Å². The lowest BCUT2D eigenvalue weighted by molar-refractivity contribution is 0.0226. The third kappa shape index (κ3) is 2.22. The fourth-order valence-electron chi connectivity index (χ4n) is 0.577.